The van der Waals surface area contributed by atoms with Crippen molar-refractivity contribution in [3.05, 3.63) is 35.4 Å². The molecule has 0 aliphatic heterocycles. The van der Waals surface area contributed by atoms with E-state index in [-0.39, 0.29) is 0 Å². The Morgan fingerprint density at radius 1 is 0.625 bits per heavy atom. The Labute approximate surface area is 101 Å². The van der Waals surface area contributed by atoms with Gasteiger partial charge in [0.25, 0.3) is 0 Å². The molecule has 0 amide bonds. The van der Waals surface area contributed by atoms with Crippen molar-refractivity contribution in [3.63, 3.8) is 0 Å². The van der Waals surface area contributed by atoms with Crippen LogP contribution in [0.4, 0.5) is 0 Å². The second-order valence-electron chi connectivity index (χ2n) is 4.73. The average Bonchev–Trinajstić information content (AvgIpc) is 2.33. The van der Waals surface area contributed by atoms with Crippen LogP contribution in [0.15, 0.2) is 24.3 Å². The molecular weight excluding hydrogens is 192 g/mol. The van der Waals surface area contributed by atoms with Gasteiger partial charge in [-0.05, 0) is 36.8 Å². The lowest BCUT2D eigenvalue weighted by Crippen LogP contribution is -1.88. The molecule has 0 atom stereocenters. The molecule has 0 unspecified atom stereocenters. The van der Waals surface area contributed by atoms with Gasteiger partial charge < -0.3 is 0 Å². The Hall–Kier alpha value is -0.780. The Bertz CT molecular complexity index is 258. The van der Waals surface area contributed by atoms with E-state index in [1.807, 2.05) is 0 Å². The molecule has 0 fully saturated rings. The van der Waals surface area contributed by atoms with Crippen molar-refractivity contribution in [3.8, 4) is 0 Å². The molecule has 0 bridgehead atoms. The van der Waals surface area contributed by atoms with Gasteiger partial charge in [-0.15, -0.1) is 0 Å². The Morgan fingerprint density at radius 2 is 1.12 bits per heavy atom. The predicted octanol–water partition coefficient (Wildman–Crippen LogP) is 5.15. The van der Waals surface area contributed by atoms with Crippen LogP contribution in [-0.4, -0.2) is 0 Å². The fraction of sp³-hybridized carbons (Fsp3) is 0.625. The van der Waals surface area contributed by atoms with E-state index in [2.05, 4.69) is 38.1 Å². The normalized spacial score (nSPS) is 10.6. The van der Waals surface area contributed by atoms with Crippen LogP contribution >= 0.6 is 0 Å². The van der Waals surface area contributed by atoms with Crippen LogP contribution in [0.5, 0.6) is 0 Å². The quantitative estimate of drug-likeness (QED) is 0.529. The molecule has 0 saturated carbocycles. The van der Waals surface area contributed by atoms with Gasteiger partial charge in [-0.25, -0.2) is 0 Å². The first-order chi connectivity index (χ1) is 7.86. The molecule has 1 aromatic rings. The molecule has 0 N–H and O–H groups in total. The Kier molecular flexibility index (Phi) is 6.96. The van der Waals surface area contributed by atoms with Crippen molar-refractivity contribution in [2.45, 2.75) is 65.2 Å². The zero-order valence-corrected chi connectivity index (χ0v) is 11.0. The molecule has 1 rings (SSSR count). The van der Waals surface area contributed by atoms with Gasteiger partial charge in [-0.1, -0.05) is 63.8 Å². The van der Waals surface area contributed by atoms with Crippen LogP contribution in [0.2, 0.25) is 0 Å². The smallest absolute Gasteiger partial charge is 0.0279 e. The Balaban J connectivity index is 2.27. The minimum absolute atomic E-state index is 1.24. The number of benzene rings is 1. The van der Waals surface area contributed by atoms with Gasteiger partial charge in [0, 0.05) is 0 Å². The van der Waals surface area contributed by atoms with Crippen LogP contribution in [0.25, 0.3) is 0 Å². The topological polar surface area (TPSA) is 0 Å². The van der Waals surface area contributed by atoms with Crippen molar-refractivity contribution in [2.24, 2.45) is 0 Å². The highest BCUT2D eigenvalue weighted by Crippen LogP contribution is 2.11. The van der Waals surface area contributed by atoms with Gasteiger partial charge in [0.2, 0.25) is 0 Å². The molecule has 0 heterocycles. The van der Waals surface area contributed by atoms with Gasteiger partial charge in [-0.3, -0.25) is 0 Å². The second kappa shape index (κ2) is 8.38. The van der Waals surface area contributed by atoms with E-state index in [0.29, 0.717) is 0 Å². The number of hydrogen-bond donors (Lipinski definition) is 0. The highest BCUT2D eigenvalue weighted by molar-refractivity contribution is 5.22. The van der Waals surface area contributed by atoms with E-state index >= 15 is 0 Å². The summed E-state index contributed by atoms with van der Waals surface area (Å²) >= 11 is 0. The zero-order chi connectivity index (χ0) is 11.6. The van der Waals surface area contributed by atoms with E-state index in [1.165, 1.54) is 62.5 Å². The lowest BCUT2D eigenvalue weighted by molar-refractivity contribution is 0.666. The maximum absolute atomic E-state index is 2.32. The maximum Gasteiger partial charge on any atom is -0.0279 e. The summed E-state index contributed by atoms with van der Waals surface area (Å²) in [4.78, 5) is 0. The maximum atomic E-state index is 2.32. The van der Waals surface area contributed by atoms with Gasteiger partial charge >= 0.3 is 0 Å². The van der Waals surface area contributed by atoms with Gasteiger partial charge in [0.05, 0.1) is 0 Å². The molecule has 0 aromatic heterocycles. The van der Waals surface area contributed by atoms with Crippen molar-refractivity contribution in [2.75, 3.05) is 0 Å². The number of hydrogen-bond acceptors (Lipinski definition) is 0. The van der Waals surface area contributed by atoms with E-state index in [9.17, 15) is 0 Å². The summed E-state index contributed by atoms with van der Waals surface area (Å²) in [7, 11) is 0. The van der Waals surface area contributed by atoms with Crippen molar-refractivity contribution >= 4 is 0 Å². The molecule has 0 aliphatic rings. The molecular formula is C16H26. The van der Waals surface area contributed by atoms with Crippen molar-refractivity contribution < 1.29 is 0 Å². The molecule has 0 saturated heterocycles. The van der Waals surface area contributed by atoms with E-state index < -0.39 is 0 Å². The predicted molar refractivity (Wildman–Crippen MR) is 72.9 cm³/mol. The SMILES string of the molecule is CCCCCCc1ccc(CCCC)cc1. The summed E-state index contributed by atoms with van der Waals surface area (Å²) in [6.07, 6.45) is 10.6. The molecule has 0 radical (unpaired) electrons. The molecule has 1 aromatic carbocycles. The van der Waals surface area contributed by atoms with Crippen LogP contribution in [0, 0.1) is 0 Å². The summed E-state index contributed by atoms with van der Waals surface area (Å²) in [5, 5.41) is 0. The first kappa shape index (κ1) is 13.3. The number of rotatable bonds is 8. The minimum Gasteiger partial charge on any atom is -0.0654 e. The number of aryl methyl sites for hydroxylation is 2. The van der Waals surface area contributed by atoms with Gasteiger partial charge in [0.1, 0.15) is 0 Å². The van der Waals surface area contributed by atoms with Gasteiger partial charge in [-0.2, -0.15) is 0 Å². The molecule has 16 heavy (non-hydrogen) atoms. The summed E-state index contributed by atoms with van der Waals surface area (Å²) in [6.45, 7) is 4.52. The van der Waals surface area contributed by atoms with E-state index in [4.69, 9.17) is 0 Å². The molecule has 0 aliphatic carbocycles. The summed E-state index contributed by atoms with van der Waals surface area (Å²) in [5.74, 6) is 0. The average molecular weight is 218 g/mol. The third kappa shape index (κ3) is 5.34. The summed E-state index contributed by atoms with van der Waals surface area (Å²) in [6, 6.07) is 9.25. The Morgan fingerprint density at radius 3 is 1.62 bits per heavy atom. The third-order valence-corrected chi connectivity index (χ3v) is 3.16. The van der Waals surface area contributed by atoms with Crippen molar-refractivity contribution in [1.82, 2.24) is 0 Å². The highest BCUT2D eigenvalue weighted by atomic mass is 14.0. The van der Waals surface area contributed by atoms with Crippen molar-refractivity contribution in [1.29, 1.82) is 0 Å². The van der Waals surface area contributed by atoms with E-state index in [1.54, 1.807) is 0 Å². The fourth-order valence-electron chi connectivity index (χ4n) is 2.01. The lowest BCUT2D eigenvalue weighted by Gasteiger charge is -2.03. The summed E-state index contributed by atoms with van der Waals surface area (Å²) < 4.78 is 0. The molecule has 90 valence electrons. The van der Waals surface area contributed by atoms with Crippen LogP contribution in [0.3, 0.4) is 0 Å². The molecule has 0 spiro atoms. The number of unbranched alkanes of at least 4 members (excludes halogenated alkanes) is 4. The minimum atomic E-state index is 1.24. The lowest BCUT2D eigenvalue weighted by atomic mass is 10.0. The zero-order valence-electron chi connectivity index (χ0n) is 11.0. The standard InChI is InChI=1S/C16H26/c1-3-5-7-8-10-16-13-11-15(12-14-16)9-6-4-2/h11-14H,3-10H2,1-2H3. The third-order valence-electron chi connectivity index (χ3n) is 3.16. The van der Waals surface area contributed by atoms with Crippen LogP contribution < -0.4 is 0 Å². The second-order valence-corrected chi connectivity index (χ2v) is 4.73. The van der Waals surface area contributed by atoms with E-state index in [0.717, 1.165) is 0 Å². The molecule has 0 nitrogen and oxygen atoms in total. The molecule has 0 heteroatoms. The van der Waals surface area contributed by atoms with Crippen LogP contribution in [0.1, 0.15) is 63.5 Å². The largest absolute Gasteiger partial charge is 0.0654 e. The first-order valence-corrected chi connectivity index (χ1v) is 6.94. The fourth-order valence-corrected chi connectivity index (χ4v) is 2.01. The monoisotopic (exact) mass is 218 g/mol. The van der Waals surface area contributed by atoms with Crippen LogP contribution in [-0.2, 0) is 12.8 Å². The summed E-state index contributed by atoms with van der Waals surface area (Å²) in [5.41, 5.74) is 3.01. The highest BCUT2D eigenvalue weighted by Gasteiger charge is 1.95. The first-order valence-electron chi connectivity index (χ1n) is 6.94. The van der Waals surface area contributed by atoms with Gasteiger partial charge in [0.15, 0.2) is 0 Å².